The van der Waals surface area contributed by atoms with Gasteiger partial charge in [0.2, 0.25) is 0 Å². The first-order valence-electron chi connectivity index (χ1n) is 4.60. The van der Waals surface area contributed by atoms with E-state index in [4.69, 9.17) is 0 Å². The summed E-state index contributed by atoms with van der Waals surface area (Å²) in [5.74, 6) is 0. The van der Waals surface area contributed by atoms with Gasteiger partial charge < -0.3 is 4.55 Å². The average molecular weight is 192 g/mol. The first kappa shape index (κ1) is 12.1. The van der Waals surface area contributed by atoms with E-state index in [2.05, 4.69) is 11.6 Å². The third-order valence-corrected chi connectivity index (χ3v) is 2.19. The molecule has 0 saturated heterocycles. The summed E-state index contributed by atoms with van der Waals surface area (Å²) >= 11 is -2.07. The zero-order chi connectivity index (χ0) is 9.23. The Bertz CT molecular complexity index is 120. The fourth-order valence-electron chi connectivity index (χ4n) is 1.06. The van der Waals surface area contributed by atoms with Crippen LogP contribution in [0, 0.1) is 0 Å². The van der Waals surface area contributed by atoms with Crippen LogP contribution in [-0.4, -0.2) is 15.3 Å². The van der Waals surface area contributed by atoms with E-state index in [9.17, 15) is 8.76 Å². The summed E-state index contributed by atoms with van der Waals surface area (Å²) in [6.07, 6.45) is 7.13. The molecule has 0 spiro atoms. The lowest BCUT2D eigenvalue weighted by atomic mass is 10.1. The van der Waals surface area contributed by atoms with E-state index >= 15 is 0 Å². The zero-order valence-corrected chi connectivity index (χ0v) is 8.49. The van der Waals surface area contributed by atoms with E-state index in [0.29, 0.717) is 6.54 Å². The third kappa shape index (κ3) is 10.1. The summed E-state index contributed by atoms with van der Waals surface area (Å²) < 4.78 is 22.4. The van der Waals surface area contributed by atoms with Crippen molar-refractivity contribution in [3.63, 3.8) is 0 Å². The molecular formula is C8H18NO2S-. The molecule has 0 heterocycles. The first-order chi connectivity index (χ1) is 5.77. The summed E-state index contributed by atoms with van der Waals surface area (Å²) in [6, 6.07) is 0. The molecule has 0 radical (unpaired) electrons. The van der Waals surface area contributed by atoms with Gasteiger partial charge in [0.1, 0.15) is 0 Å². The van der Waals surface area contributed by atoms with Gasteiger partial charge in [0.05, 0.1) is 0 Å². The van der Waals surface area contributed by atoms with Crippen LogP contribution >= 0.6 is 0 Å². The Morgan fingerprint density at radius 3 is 2.33 bits per heavy atom. The summed E-state index contributed by atoms with van der Waals surface area (Å²) in [5, 5.41) is 0. The van der Waals surface area contributed by atoms with Crippen LogP contribution in [0.25, 0.3) is 0 Å². The highest BCUT2D eigenvalue weighted by Gasteiger charge is 1.89. The van der Waals surface area contributed by atoms with Gasteiger partial charge in [0, 0.05) is 17.8 Å². The Labute approximate surface area is 77.4 Å². The predicted octanol–water partition coefficient (Wildman–Crippen LogP) is 1.73. The minimum atomic E-state index is -2.07. The Kier molecular flexibility index (Phi) is 9.21. The first-order valence-corrected chi connectivity index (χ1v) is 5.67. The van der Waals surface area contributed by atoms with Gasteiger partial charge in [-0.2, -0.15) is 0 Å². The normalized spacial score (nSPS) is 13.2. The molecule has 0 aliphatic heterocycles. The van der Waals surface area contributed by atoms with Gasteiger partial charge in [-0.1, -0.05) is 39.0 Å². The van der Waals surface area contributed by atoms with Crippen molar-refractivity contribution in [1.82, 2.24) is 4.72 Å². The summed E-state index contributed by atoms with van der Waals surface area (Å²) in [5.41, 5.74) is 0. The SMILES string of the molecule is CCCCCCCCNS(=O)[O-]. The molecule has 0 saturated carbocycles. The van der Waals surface area contributed by atoms with Crippen molar-refractivity contribution in [3.8, 4) is 0 Å². The van der Waals surface area contributed by atoms with Crippen molar-refractivity contribution in [1.29, 1.82) is 0 Å². The number of hydrogen-bond donors (Lipinski definition) is 1. The monoisotopic (exact) mass is 192 g/mol. The van der Waals surface area contributed by atoms with E-state index < -0.39 is 11.3 Å². The van der Waals surface area contributed by atoms with Crippen LogP contribution in [0.15, 0.2) is 0 Å². The molecule has 1 unspecified atom stereocenters. The maximum absolute atomic E-state index is 10.0. The lowest BCUT2D eigenvalue weighted by molar-refractivity contribution is 0.518. The van der Waals surface area contributed by atoms with E-state index in [1.807, 2.05) is 0 Å². The molecule has 12 heavy (non-hydrogen) atoms. The molecule has 1 N–H and O–H groups in total. The van der Waals surface area contributed by atoms with E-state index in [1.165, 1.54) is 25.7 Å². The highest BCUT2D eigenvalue weighted by molar-refractivity contribution is 7.77. The molecule has 0 aliphatic carbocycles. The fraction of sp³-hybridized carbons (Fsp3) is 1.00. The van der Waals surface area contributed by atoms with Gasteiger partial charge in [0.15, 0.2) is 0 Å². The molecule has 3 nitrogen and oxygen atoms in total. The third-order valence-electron chi connectivity index (χ3n) is 1.75. The molecule has 0 aromatic carbocycles. The lowest BCUT2D eigenvalue weighted by Gasteiger charge is -2.05. The van der Waals surface area contributed by atoms with Gasteiger partial charge in [-0.15, -0.1) is 0 Å². The Morgan fingerprint density at radius 1 is 1.17 bits per heavy atom. The molecule has 1 atom stereocenters. The molecular weight excluding hydrogens is 174 g/mol. The van der Waals surface area contributed by atoms with Gasteiger partial charge in [-0.05, 0) is 6.42 Å². The van der Waals surface area contributed by atoms with Crippen molar-refractivity contribution >= 4 is 11.3 Å². The van der Waals surface area contributed by atoms with Crippen LogP contribution in [0.1, 0.15) is 45.4 Å². The van der Waals surface area contributed by atoms with Crippen LogP contribution in [0.2, 0.25) is 0 Å². The fourth-order valence-corrected chi connectivity index (χ4v) is 1.37. The topological polar surface area (TPSA) is 52.2 Å². The van der Waals surface area contributed by atoms with E-state index in [0.717, 1.165) is 12.8 Å². The Morgan fingerprint density at radius 2 is 1.75 bits per heavy atom. The predicted molar refractivity (Wildman–Crippen MR) is 50.3 cm³/mol. The number of unbranched alkanes of at least 4 members (excludes halogenated alkanes) is 5. The van der Waals surface area contributed by atoms with Gasteiger partial charge in [-0.3, -0.25) is 4.21 Å². The van der Waals surface area contributed by atoms with E-state index in [1.54, 1.807) is 0 Å². The number of rotatable bonds is 8. The van der Waals surface area contributed by atoms with Gasteiger partial charge in [-0.25, -0.2) is 4.72 Å². The van der Waals surface area contributed by atoms with Crippen molar-refractivity contribution in [2.24, 2.45) is 0 Å². The smallest absolute Gasteiger partial charge is 0.0181 e. The van der Waals surface area contributed by atoms with Gasteiger partial charge >= 0.3 is 0 Å². The Balaban J connectivity index is 2.86. The second-order valence-corrected chi connectivity index (χ2v) is 3.65. The minimum Gasteiger partial charge on any atom is -0.760 e. The van der Waals surface area contributed by atoms with Crippen LogP contribution in [-0.2, 0) is 11.3 Å². The second kappa shape index (κ2) is 9.16. The summed E-state index contributed by atoms with van der Waals surface area (Å²) in [6.45, 7) is 2.77. The molecule has 4 heteroatoms. The molecule has 0 fully saturated rings. The largest absolute Gasteiger partial charge is 0.760 e. The molecule has 74 valence electrons. The zero-order valence-electron chi connectivity index (χ0n) is 7.67. The molecule has 0 bridgehead atoms. The maximum Gasteiger partial charge on any atom is 0.0181 e. The molecule has 0 aromatic heterocycles. The molecule has 0 aliphatic rings. The van der Waals surface area contributed by atoms with Crippen molar-refractivity contribution in [3.05, 3.63) is 0 Å². The lowest BCUT2D eigenvalue weighted by Crippen LogP contribution is -2.17. The highest BCUT2D eigenvalue weighted by Crippen LogP contribution is 2.03. The van der Waals surface area contributed by atoms with Crippen LogP contribution < -0.4 is 4.72 Å². The number of nitrogens with one attached hydrogen (secondary N) is 1. The number of hydrogen-bond acceptors (Lipinski definition) is 2. The molecule has 0 amide bonds. The van der Waals surface area contributed by atoms with Crippen LogP contribution in [0.4, 0.5) is 0 Å². The maximum atomic E-state index is 10.0. The van der Waals surface area contributed by atoms with Crippen molar-refractivity contribution in [2.45, 2.75) is 45.4 Å². The minimum absolute atomic E-state index is 0.586. The quantitative estimate of drug-likeness (QED) is 0.470. The van der Waals surface area contributed by atoms with Crippen molar-refractivity contribution in [2.75, 3.05) is 6.54 Å². The highest BCUT2D eigenvalue weighted by atomic mass is 32.2. The standard InChI is InChI=1S/C8H19NO2S/c1-2-3-4-5-6-7-8-9-12(10)11/h9H,2-8H2,1H3,(H,10,11)/p-1. The Hall–Kier alpha value is 0.0700. The van der Waals surface area contributed by atoms with Crippen LogP contribution in [0.3, 0.4) is 0 Å². The van der Waals surface area contributed by atoms with Gasteiger partial charge in [0.25, 0.3) is 0 Å². The average Bonchev–Trinajstić information content (AvgIpc) is 2.02. The van der Waals surface area contributed by atoms with Crippen LogP contribution in [0.5, 0.6) is 0 Å². The summed E-state index contributed by atoms with van der Waals surface area (Å²) in [7, 11) is 0. The second-order valence-electron chi connectivity index (χ2n) is 2.90. The molecule has 0 aromatic rings. The summed E-state index contributed by atoms with van der Waals surface area (Å²) in [4.78, 5) is 0. The van der Waals surface area contributed by atoms with E-state index in [-0.39, 0.29) is 0 Å². The van der Waals surface area contributed by atoms with Crippen molar-refractivity contribution < 1.29 is 8.76 Å². The molecule has 0 rings (SSSR count).